The van der Waals surface area contributed by atoms with Crippen LogP contribution in [0.25, 0.3) is 0 Å². The Kier molecular flexibility index (Phi) is 6.43. The maximum atomic E-state index is 12.9. The summed E-state index contributed by atoms with van der Waals surface area (Å²) in [6.07, 6.45) is 3.29. The van der Waals surface area contributed by atoms with E-state index in [1.807, 2.05) is 39.0 Å². The SMILES string of the molecule is CC(C)c1ccccc1NC(=O)COC(=O)CN1C(=O)N[C@]2(CCCC[C@H]2C)C1=O. The molecule has 2 atom stereocenters. The number of imide groups is 1. The van der Waals surface area contributed by atoms with Gasteiger partial charge in [0.2, 0.25) is 0 Å². The van der Waals surface area contributed by atoms with Gasteiger partial charge in [-0.15, -0.1) is 0 Å². The number of benzene rings is 1. The average molecular weight is 415 g/mol. The van der Waals surface area contributed by atoms with Crippen LogP contribution in [0, 0.1) is 5.92 Å². The van der Waals surface area contributed by atoms with Crippen LogP contribution < -0.4 is 10.6 Å². The molecule has 0 unspecified atom stereocenters. The summed E-state index contributed by atoms with van der Waals surface area (Å²) < 4.78 is 5.01. The van der Waals surface area contributed by atoms with Gasteiger partial charge in [0.1, 0.15) is 12.1 Å². The molecule has 0 aromatic heterocycles. The molecule has 8 heteroatoms. The number of para-hydroxylation sites is 1. The highest BCUT2D eigenvalue weighted by Gasteiger charge is 2.55. The van der Waals surface area contributed by atoms with E-state index in [0.29, 0.717) is 12.1 Å². The van der Waals surface area contributed by atoms with Gasteiger partial charge in [-0.1, -0.05) is 51.8 Å². The Labute approximate surface area is 176 Å². The highest BCUT2D eigenvalue weighted by molar-refractivity contribution is 6.09. The van der Waals surface area contributed by atoms with Gasteiger partial charge in [-0.3, -0.25) is 19.3 Å². The molecule has 2 fully saturated rings. The fourth-order valence-corrected chi connectivity index (χ4v) is 4.26. The number of nitrogens with one attached hydrogen (secondary N) is 2. The zero-order valence-electron chi connectivity index (χ0n) is 17.7. The third-order valence-corrected chi connectivity index (χ3v) is 6.01. The van der Waals surface area contributed by atoms with E-state index in [1.165, 1.54) is 0 Å². The normalized spacial score (nSPS) is 23.6. The highest BCUT2D eigenvalue weighted by atomic mass is 16.5. The molecule has 3 rings (SSSR count). The first kappa shape index (κ1) is 21.8. The Morgan fingerprint density at radius 3 is 2.70 bits per heavy atom. The lowest BCUT2D eigenvalue weighted by Crippen LogP contribution is -2.54. The summed E-state index contributed by atoms with van der Waals surface area (Å²) in [5.74, 6) is -1.43. The van der Waals surface area contributed by atoms with E-state index in [4.69, 9.17) is 4.74 Å². The number of hydrogen-bond donors (Lipinski definition) is 2. The lowest BCUT2D eigenvalue weighted by Gasteiger charge is -2.36. The van der Waals surface area contributed by atoms with Crippen LogP contribution in [0.2, 0.25) is 0 Å². The number of amides is 4. The number of ether oxygens (including phenoxy) is 1. The number of rotatable bonds is 6. The first-order chi connectivity index (χ1) is 14.2. The standard InChI is InChI=1S/C22H29N3O5/c1-14(2)16-9-4-5-10-17(16)23-18(26)13-30-19(27)12-25-20(28)22(24-21(25)29)11-7-6-8-15(22)3/h4-5,9-10,14-15H,6-8,11-13H2,1-3H3,(H,23,26)(H,24,29)/t15-,22+/m1/s1. The van der Waals surface area contributed by atoms with Crippen molar-refractivity contribution in [3.8, 4) is 0 Å². The zero-order valence-corrected chi connectivity index (χ0v) is 17.7. The second-order valence-electron chi connectivity index (χ2n) is 8.39. The van der Waals surface area contributed by atoms with Crippen molar-refractivity contribution in [3.63, 3.8) is 0 Å². The molecule has 1 heterocycles. The van der Waals surface area contributed by atoms with E-state index in [2.05, 4.69) is 10.6 Å². The van der Waals surface area contributed by atoms with E-state index in [9.17, 15) is 19.2 Å². The largest absolute Gasteiger partial charge is 0.454 e. The van der Waals surface area contributed by atoms with Crippen LogP contribution >= 0.6 is 0 Å². The predicted octanol–water partition coefficient (Wildman–Crippen LogP) is 2.79. The Bertz CT molecular complexity index is 853. The molecule has 2 aliphatic rings. The molecule has 0 bridgehead atoms. The molecule has 2 N–H and O–H groups in total. The second kappa shape index (κ2) is 8.85. The maximum absolute atomic E-state index is 12.9. The molecule has 0 radical (unpaired) electrons. The third-order valence-electron chi connectivity index (χ3n) is 6.01. The summed E-state index contributed by atoms with van der Waals surface area (Å²) in [6, 6.07) is 6.83. The predicted molar refractivity (Wildman–Crippen MR) is 111 cm³/mol. The van der Waals surface area contributed by atoms with Crippen molar-refractivity contribution >= 4 is 29.5 Å². The van der Waals surface area contributed by atoms with Gasteiger partial charge in [0.05, 0.1) is 0 Å². The number of carbonyl (C=O) groups excluding carboxylic acids is 4. The Hall–Kier alpha value is -2.90. The van der Waals surface area contributed by atoms with Crippen LogP contribution in [0.15, 0.2) is 24.3 Å². The van der Waals surface area contributed by atoms with Gasteiger partial charge >= 0.3 is 12.0 Å². The summed E-state index contributed by atoms with van der Waals surface area (Å²) in [6.45, 7) is 4.98. The molecule has 1 saturated carbocycles. The molecular weight excluding hydrogens is 386 g/mol. The number of nitrogens with zero attached hydrogens (tertiary/aromatic N) is 1. The maximum Gasteiger partial charge on any atom is 0.326 e. The molecule has 1 saturated heterocycles. The molecular formula is C22H29N3O5. The summed E-state index contributed by atoms with van der Waals surface area (Å²) >= 11 is 0. The molecule has 1 aromatic rings. The monoisotopic (exact) mass is 415 g/mol. The summed E-state index contributed by atoms with van der Waals surface area (Å²) in [5.41, 5.74) is 0.715. The van der Waals surface area contributed by atoms with Crippen molar-refractivity contribution < 1.29 is 23.9 Å². The molecule has 1 spiro atoms. The van der Waals surface area contributed by atoms with Gasteiger partial charge < -0.3 is 15.4 Å². The number of urea groups is 1. The molecule has 1 aliphatic heterocycles. The van der Waals surface area contributed by atoms with Gasteiger partial charge in [0, 0.05) is 5.69 Å². The Morgan fingerprint density at radius 2 is 2.00 bits per heavy atom. The highest BCUT2D eigenvalue weighted by Crippen LogP contribution is 2.38. The van der Waals surface area contributed by atoms with Crippen LogP contribution in [0.1, 0.15) is 57.9 Å². The fourth-order valence-electron chi connectivity index (χ4n) is 4.26. The smallest absolute Gasteiger partial charge is 0.326 e. The quantitative estimate of drug-likeness (QED) is 0.549. The van der Waals surface area contributed by atoms with Gasteiger partial charge in [-0.05, 0) is 36.3 Å². The van der Waals surface area contributed by atoms with Crippen molar-refractivity contribution in [2.24, 2.45) is 5.92 Å². The third kappa shape index (κ3) is 4.32. The van der Waals surface area contributed by atoms with Crippen molar-refractivity contribution in [3.05, 3.63) is 29.8 Å². The second-order valence-corrected chi connectivity index (χ2v) is 8.39. The minimum absolute atomic E-state index is 0.00974. The summed E-state index contributed by atoms with van der Waals surface area (Å²) in [7, 11) is 0. The van der Waals surface area contributed by atoms with Crippen LogP contribution in [0.5, 0.6) is 0 Å². The number of carbonyl (C=O) groups is 4. The minimum atomic E-state index is -0.923. The first-order valence-electron chi connectivity index (χ1n) is 10.4. The van der Waals surface area contributed by atoms with E-state index in [1.54, 1.807) is 6.07 Å². The van der Waals surface area contributed by atoms with Crippen molar-refractivity contribution in [2.75, 3.05) is 18.5 Å². The molecule has 4 amide bonds. The van der Waals surface area contributed by atoms with Crippen molar-refractivity contribution in [1.29, 1.82) is 0 Å². The molecule has 1 aromatic carbocycles. The van der Waals surface area contributed by atoms with E-state index >= 15 is 0 Å². The Balaban J connectivity index is 1.54. The van der Waals surface area contributed by atoms with Crippen LogP contribution in [0.3, 0.4) is 0 Å². The van der Waals surface area contributed by atoms with Gasteiger partial charge in [-0.25, -0.2) is 4.79 Å². The lowest BCUT2D eigenvalue weighted by molar-refractivity contribution is -0.150. The van der Waals surface area contributed by atoms with Gasteiger partial charge in [0.15, 0.2) is 6.61 Å². The molecule has 162 valence electrons. The summed E-state index contributed by atoms with van der Waals surface area (Å²) in [4.78, 5) is 50.5. The van der Waals surface area contributed by atoms with Gasteiger partial charge in [-0.2, -0.15) is 0 Å². The zero-order chi connectivity index (χ0) is 21.9. The van der Waals surface area contributed by atoms with Crippen LogP contribution in [-0.4, -0.2) is 47.4 Å². The van der Waals surface area contributed by atoms with Crippen LogP contribution in [0.4, 0.5) is 10.5 Å². The topological polar surface area (TPSA) is 105 Å². The van der Waals surface area contributed by atoms with E-state index in [-0.39, 0.29) is 17.7 Å². The number of anilines is 1. The number of hydrogen-bond acceptors (Lipinski definition) is 5. The van der Waals surface area contributed by atoms with E-state index in [0.717, 1.165) is 29.7 Å². The lowest BCUT2D eigenvalue weighted by atomic mass is 9.73. The van der Waals surface area contributed by atoms with Gasteiger partial charge in [0.25, 0.3) is 11.8 Å². The first-order valence-corrected chi connectivity index (χ1v) is 10.4. The molecule has 30 heavy (non-hydrogen) atoms. The minimum Gasteiger partial charge on any atom is -0.454 e. The van der Waals surface area contributed by atoms with Crippen molar-refractivity contribution in [2.45, 2.75) is 57.9 Å². The number of esters is 1. The van der Waals surface area contributed by atoms with Crippen molar-refractivity contribution in [1.82, 2.24) is 10.2 Å². The van der Waals surface area contributed by atoms with E-state index < -0.39 is 36.6 Å². The fraction of sp³-hybridized carbons (Fsp3) is 0.545. The molecule has 1 aliphatic carbocycles. The molecule has 8 nitrogen and oxygen atoms in total. The van der Waals surface area contributed by atoms with Crippen LogP contribution in [-0.2, 0) is 19.1 Å². The average Bonchev–Trinajstić information content (AvgIpc) is 2.94. The Morgan fingerprint density at radius 1 is 1.27 bits per heavy atom. The summed E-state index contributed by atoms with van der Waals surface area (Å²) in [5, 5.41) is 5.52.